The fourth-order valence-corrected chi connectivity index (χ4v) is 1.98. The van der Waals surface area contributed by atoms with Gasteiger partial charge in [0.1, 0.15) is 0 Å². The molecule has 1 aromatic rings. The summed E-state index contributed by atoms with van der Waals surface area (Å²) < 4.78 is 1.01. The molecule has 3 N–H and O–H groups in total. The van der Waals surface area contributed by atoms with Crippen molar-refractivity contribution in [1.29, 1.82) is 0 Å². The molecule has 0 bridgehead atoms. The fourth-order valence-electron chi connectivity index (χ4n) is 1.57. The van der Waals surface area contributed by atoms with Crippen LogP contribution in [0.25, 0.3) is 0 Å². The Morgan fingerprint density at radius 3 is 2.71 bits per heavy atom. The van der Waals surface area contributed by atoms with Gasteiger partial charge in [-0.05, 0) is 38.5 Å². The Morgan fingerprint density at radius 1 is 1.53 bits per heavy atom. The zero-order valence-corrected chi connectivity index (χ0v) is 12.0. The van der Waals surface area contributed by atoms with E-state index < -0.39 is 5.54 Å². The normalized spacial score (nSPS) is 13.2. The van der Waals surface area contributed by atoms with Gasteiger partial charge in [0.15, 0.2) is 0 Å². The van der Waals surface area contributed by atoms with Crippen LogP contribution in [0.3, 0.4) is 0 Å². The van der Waals surface area contributed by atoms with Crippen molar-refractivity contribution in [2.75, 3.05) is 0 Å². The number of rotatable bonds is 4. The van der Waals surface area contributed by atoms with Crippen molar-refractivity contribution in [3.63, 3.8) is 0 Å². The van der Waals surface area contributed by atoms with E-state index in [9.17, 15) is 4.79 Å². The largest absolute Gasteiger partial charge is 0.350 e. The zero-order valence-electron chi connectivity index (χ0n) is 10.5. The molecule has 0 unspecified atom stereocenters. The number of amides is 1. The predicted molar refractivity (Wildman–Crippen MR) is 73.6 cm³/mol. The van der Waals surface area contributed by atoms with Gasteiger partial charge in [0.25, 0.3) is 0 Å². The van der Waals surface area contributed by atoms with Gasteiger partial charge < -0.3 is 11.1 Å². The van der Waals surface area contributed by atoms with Gasteiger partial charge in [-0.2, -0.15) is 0 Å². The minimum Gasteiger partial charge on any atom is -0.350 e. The summed E-state index contributed by atoms with van der Waals surface area (Å²) in [6.07, 6.45) is 0.325. The Hall–Kier alpha value is -0.870. The van der Waals surface area contributed by atoms with Crippen LogP contribution in [0.15, 0.2) is 28.7 Å². The molecule has 94 valence electrons. The van der Waals surface area contributed by atoms with E-state index in [1.54, 1.807) is 0 Å². The Balaban J connectivity index is 2.61. The lowest BCUT2D eigenvalue weighted by Gasteiger charge is -2.20. The Labute approximate surface area is 111 Å². The average molecular weight is 299 g/mol. The molecule has 0 fully saturated rings. The van der Waals surface area contributed by atoms with Gasteiger partial charge >= 0.3 is 0 Å². The molecule has 0 radical (unpaired) electrons. The van der Waals surface area contributed by atoms with E-state index in [1.165, 1.54) is 0 Å². The SMILES string of the molecule is C[C@H](NC(=O)CC(C)(C)N)c1cccc(Br)c1. The second-order valence-corrected chi connectivity index (χ2v) is 5.93. The van der Waals surface area contributed by atoms with E-state index in [0.29, 0.717) is 6.42 Å². The summed E-state index contributed by atoms with van der Waals surface area (Å²) in [4.78, 5) is 11.7. The van der Waals surface area contributed by atoms with Crippen LogP contribution in [0.4, 0.5) is 0 Å². The van der Waals surface area contributed by atoms with E-state index >= 15 is 0 Å². The summed E-state index contributed by atoms with van der Waals surface area (Å²) >= 11 is 3.41. The van der Waals surface area contributed by atoms with Crippen LogP contribution in [0.5, 0.6) is 0 Å². The van der Waals surface area contributed by atoms with Crippen molar-refractivity contribution >= 4 is 21.8 Å². The third-order valence-electron chi connectivity index (χ3n) is 2.34. The summed E-state index contributed by atoms with van der Waals surface area (Å²) in [6.45, 7) is 5.65. The lowest BCUT2D eigenvalue weighted by Crippen LogP contribution is -2.39. The first kappa shape index (κ1) is 14.2. The molecule has 1 amide bonds. The van der Waals surface area contributed by atoms with Crippen molar-refractivity contribution in [1.82, 2.24) is 5.32 Å². The molecular weight excluding hydrogens is 280 g/mol. The van der Waals surface area contributed by atoms with Gasteiger partial charge in [-0.3, -0.25) is 4.79 Å². The molecule has 0 aliphatic rings. The van der Waals surface area contributed by atoms with Crippen LogP contribution >= 0.6 is 15.9 Å². The monoisotopic (exact) mass is 298 g/mol. The molecule has 0 saturated carbocycles. The maximum atomic E-state index is 11.7. The summed E-state index contributed by atoms with van der Waals surface area (Å²) in [5.74, 6) is -0.0232. The summed E-state index contributed by atoms with van der Waals surface area (Å²) in [5, 5.41) is 2.94. The molecule has 1 atom stereocenters. The lowest BCUT2D eigenvalue weighted by molar-refractivity contribution is -0.122. The average Bonchev–Trinajstić information content (AvgIpc) is 2.14. The molecule has 4 heteroatoms. The predicted octanol–water partition coefficient (Wildman–Crippen LogP) is 2.75. The molecule has 0 heterocycles. The second-order valence-electron chi connectivity index (χ2n) is 5.01. The Morgan fingerprint density at radius 2 is 2.18 bits per heavy atom. The minimum absolute atomic E-state index is 0.0117. The van der Waals surface area contributed by atoms with Gasteiger partial charge in [0.2, 0.25) is 5.91 Å². The third kappa shape index (κ3) is 5.33. The molecule has 17 heavy (non-hydrogen) atoms. The minimum atomic E-state index is -0.471. The van der Waals surface area contributed by atoms with Crippen LogP contribution in [-0.4, -0.2) is 11.4 Å². The summed E-state index contributed by atoms with van der Waals surface area (Å²) in [6, 6.07) is 7.89. The van der Waals surface area contributed by atoms with Gasteiger partial charge in [-0.25, -0.2) is 0 Å². The molecule has 1 aromatic carbocycles. The van der Waals surface area contributed by atoms with Crippen LogP contribution in [0.2, 0.25) is 0 Å². The molecule has 1 rings (SSSR count). The Bertz CT molecular complexity index is 399. The van der Waals surface area contributed by atoms with E-state index in [-0.39, 0.29) is 11.9 Å². The standard InChI is InChI=1S/C13H19BrN2O/c1-9(10-5-4-6-11(14)7-10)16-12(17)8-13(2,3)15/h4-7,9H,8,15H2,1-3H3,(H,16,17)/t9-/m0/s1. The van der Waals surface area contributed by atoms with Gasteiger partial charge in [0, 0.05) is 16.4 Å². The maximum absolute atomic E-state index is 11.7. The third-order valence-corrected chi connectivity index (χ3v) is 2.84. The number of carbonyl (C=O) groups is 1. The number of carbonyl (C=O) groups excluding carboxylic acids is 1. The van der Waals surface area contributed by atoms with Crippen LogP contribution in [0.1, 0.15) is 38.8 Å². The van der Waals surface area contributed by atoms with E-state index in [1.807, 2.05) is 45.0 Å². The first-order chi connectivity index (χ1) is 7.78. The highest BCUT2D eigenvalue weighted by atomic mass is 79.9. The first-order valence-electron chi connectivity index (χ1n) is 5.61. The highest BCUT2D eigenvalue weighted by Gasteiger charge is 2.18. The van der Waals surface area contributed by atoms with Crippen molar-refractivity contribution in [2.24, 2.45) is 5.73 Å². The number of halogens is 1. The molecule has 3 nitrogen and oxygen atoms in total. The number of hydrogen-bond donors (Lipinski definition) is 2. The number of hydrogen-bond acceptors (Lipinski definition) is 2. The zero-order chi connectivity index (χ0) is 13.1. The second kappa shape index (κ2) is 5.65. The molecule has 0 aliphatic heterocycles. The molecule has 0 aromatic heterocycles. The van der Waals surface area contributed by atoms with Crippen molar-refractivity contribution in [3.8, 4) is 0 Å². The van der Waals surface area contributed by atoms with Crippen molar-refractivity contribution in [2.45, 2.75) is 38.8 Å². The summed E-state index contributed by atoms with van der Waals surface area (Å²) in [7, 11) is 0. The van der Waals surface area contributed by atoms with Crippen LogP contribution in [0, 0.1) is 0 Å². The van der Waals surface area contributed by atoms with Gasteiger partial charge in [-0.15, -0.1) is 0 Å². The van der Waals surface area contributed by atoms with E-state index in [2.05, 4.69) is 21.2 Å². The fraction of sp³-hybridized carbons (Fsp3) is 0.462. The van der Waals surface area contributed by atoms with E-state index in [4.69, 9.17) is 5.73 Å². The first-order valence-corrected chi connectivity index (χ1v) is 6.41. The quantitative estimate of drug-likeness (QED) is 0.898. The summed E-state index contributed by atoms with van der Waals surface area (Å²) in [5.41, 5.74) is 6.41. The topological polar surface area (TPSA) is 55.1 Å². The van der Waals surface area contributed by atoms with Crippen molar-refractivity contribution in [3.05, 3.63) is 34.3 Å². The highest BCUT2D eigenvalue weighted by Crippen LogP contribution is 2.18. The smallest absolute Gasteiger partial charge is 0.222 e. The number of benzene rings is 1. The molecule has 0 saturated heterocycles. The number of nitrogens with two attached hydrogens (primary N) is 1. The Kier molecular flexibility index (Phi) is 4.71. The maximum Gasteiger partial charge on any atom is 0.222 e. The van der Waals surface area contributed by atoms with Crippen LogP contribution in [-0.2, 0) is 4.79 Å². The van der Waals surface area contributed by atoms with Crippen LogP contribution < -0.4 is 11.1 Å². The van der Waals surface area contributed by atoms with Crippen molar-refractivity contribution < 1.29 is 4.79 Å². The molecule has 0 spiro atoms. The van der Waals surface area contributed by atoms with Gasteiger partial charge in [-0.1, -0.05) is 28.1 Å². The molecule has 0 aliphatic carbocycles. The highest BCUT2D eigenvalue weighted by molar-refractivity contribution is 9.10. The van der Waals surface area contributed by atoms with Gasteiger partial charge in [0.05, 0.1) is 6.04 Å². The lowest BCUT2D eigenvalue weighted by atomic mass is 10.0. The van der Waals surface area contributed by atoms with E-state index in [0.717, 1.165) is 10.0 Å². The molecular formula is C13H19BrN2O. The number of nitrogens with one attached hydrogen (secondary N) is 1.